The number of hydrogen-bond acceptors (Lipinski definition) is 5. The lowest BCUT2D eigenvalue weighted by Gasteiger charge is -2.06. The molecule has 3 rings (SSSR count). The van der Waals surface area contributed by atoms with E-state index in [1.54, 1.807) is 10.9 Å². The van der Waals surface area contributed by atoms with Gasteiger partial charge in [-0.3, -0.25) is 10.1 Å². The molecule has 3 aromatic rings. The van der Waals surface area contributed by atoms with Gasteiger partial charge in [0.05, 0.1) is 16.2 Å². The summed E-state index contributed by atoms with van der Waals surface area (Å²) < 4.78 is 6.92. The summed E-state index contributed by atoms with van der Waals surface area (Å²) in [5.41, 5.74) is 1.71. The van der Waals surface area contributed by atoms with E-state index in [1.165, 1.54) is 24.3 Å². The van der Waals surface area contributed by atoms with E-state index >= 15 is 0 Å². The molecular weight excluding hydrogens is 310 g/mol. The normalized spacial score (nSPS) is 10.3. The number of aromatic nitrogens is 2. The van der Waals surface area contributed by atoms with Crippen molar-refractivity contribution in [3.05, 3.63) is 88.2 Å². The molecule has 0 unspecified atom stereocenters. The van der Waals surface area contributed by atoms with Gasteiger partial charge in [0.1, 0.15) is 6.61 Å². The van der Waals surface area contributed by atoms with Crippen LogP contribution in [0.4, 0.5) is 5.69 Å². The predicted octanol–water partition coefficient (Wildman–Crippen LogP) is 3.14. The van der Waals surface area contributed by atoms with Crippen LogP contribution < -0.4 is 0 Å². The molecular formula is C17H13N3O4. The molecule has 0 N–H and O–H groups in total. The minimum absolute atomic E-state index is 0.0842. The lowest BCUT2D eigenvalue weighted by atomic mass is 10.2. The number of ether oxygens (including phenoxy) is 1. The first kappa shape index (κ1) is 15.4. The Morgan fingerprint density at radius 1 is 1.17 bits per heavy atom. The average molecular weight is 323 g/mol. The van der Waals surface area contributed by atoms with Gasteiger partial charge in [0.15, 0.2) is 0 Å². The number of esters is 1. The van der Waals surface area contributed by atoms with Gasteiger partial charge < -0.3 is 4.74 Å². The topological polar surface area (TPSA) is 87.3 Å². The Labute approximate surface area is 137 Å². The highest BCUT2D eigenvalue weighted by Crippen LogP contribution is 2.15. The van der Waals surface area contributed by atoms with Gasteiger partial charge in [-0.15, -0.1) is 0 Å². The minimum Gasteiger partial charge on any atom is -0.457 e. The molecule has 24 heavy (non-hydrogen) atoms. The van der Waals surface area contributed by atoms with Crippen LogP contribution in [-0.4, -0.2) is 20.7 Å². The van der Waals surface area contributed by atoms with E-state index in [9.17, 15) is 14.9 Å². The van der Waals surface area contributed by atoms with Gasteiger partial charge in [-0.1, -0.05) is 18.2 Å². The van der Waals surface area contributed by atoms with Crippen molar-refractivity contribution in [1.82, 2.24) is 9.78 Å². The molecule has 120 valence electrons. The number of nitro benzene ring substituents is 1. The largest absolute Gasteiger partial charge is 0.457 e. The first-order valence-electron chi connectivity index (χ1n) is 7.14. The van der Waals surface area contributed by atoms with E-state index in [2.05, 4.69) is 5.10 Å². The Morgan fingerprint density at radius 2 is 1.96 bits per heavy atom. The molecule has 0 amide bonds. The summed E-state index contributed by atoms with van der Waals surface area (Å²) in [5, 5.41) is 14.9. The standard InChI is InChI=1S/C17H13N3O4/c21-17(14-3-1-4-16(11-14)20(22)23)24-12-13-5-7-15(8-6-13)19-10-2-9-18-19/h1-11H,12H2. The van der Waals surface area contributed by atoms with Crippen molar-refractivity contribution in [2.24, 2.45) is 0 Å². The second-order valence-corrected chi connectivity index (χ2v) is 5.00. The SMILES string of the molecule is O=C(OCc1ccc(-n2cccn2)cc1)c1cccc([N+](=O)[O-])c1. The molecule has 0 aliphatic heterocycles. The smallest absolute Gasteiger partial charge is 0.338 e. The molecule has 0 saturated heterocycles. The van der Waals surface area contributed by atoms with Gasteiger partial charge in [-0.2, -0.15) is 5.10 Å². The molecule has 0 atom stereocenters. The zero-order valence-electron chi connectivity index (χ0n) is 12.5. The summed E-state index contributed by atoms with van der Waals surface area (Å²) in [6.07, 6.45) is 3.52. The summed E-state index contributed by atoms with van der Waals surface area (Å²) in [4.78, 5) is 22.2. The van der Waals surface area contributed by atoms with E-state index in [1.807, 2.05) is 36.5 Å². The molecule has 1 aromatic heterocycles. The van der Waals surface area contributed by atoms with Crippen LogP contribution in [0, 0.1) is 10.1 Å². The van der Waals surface area contributed by atoms with Crippen LogP contribution in [0.5, 0.6) is 0 Å². The quantitative estimate of drug-likeness (QED) is 0.409. The monoisotopic (exact) mass is 323 g/mol. The van der Waals surface area contributed by atoms with Gasteiger partial charge in [0, 0.05) is 24.5 Å². The Morgan fingerprint density at radius 3 is 2.62 bits per heavy atom. The summed E-state index contributed by atoms with van der Waals surface area (Å²) in [6, 6.07) is 14.7. The Hall–Kier alpha value is -3.48. The average Bonchev–Trinajstić information content (AvgIpc) is 3.15. The highest BCUT2D eigenvalue weighted by molar-refractivity contribution is 5.90. The van der Waals surface area contributed by atoms with Crippen molar-refractivity contribution >= 4 is 11.7 Å². The summed E-state index contributed by atoms with van der Waals surface area (Å²) in [6.45, 7) is 0.0842. The van der Waals surface area contributed by atoms with Gasteiger partial charge in [-0.25, -0.2) is 9.48 Å². The lowest BCUT2D eigenvalue weighted by molar-refractivity contribution is -0.384. The highest BCUT2D eigenvalue weighted by Gasteiger charge is 2.12. The molecule has 0 radical (unpaired) electrons. The van der Waals surface area contributed by atoms with E-state index in [0.29, 0.717) is 0 Å². The maximum Gasteiger partial charge on any atom is 0.338 e. The van der Waals surface area contributed by atoms with Crippen LogP contribution in [0.25, 0.3) is 5.69 Å². The third-order valence-corrected chi connectivity index (χ3v) is 3.37. The number of benzene rings is 2. The van der Waals surface area contributed by atoms with Crippen LogP contribution in [-0.2, 0) is 11.3 Å². The van der Waals surface area contributed by atoms with Crippen LogP contribution >= 0.6 is 0 Å². The minimum atomic E-state index is -0.602. The fraction of sp³-hybridized carbons (Fsp3) is 0.0588. The second kappa shape index (κ2) is 6.74. The van der Waals surface area contributed by atoms with Crippen molar-refractivity contribution in [1.29, 1.82) is 0 Å². The molecule has 0 saturated carbocycles. The number of nitro groups is 1. The van der Waals surface area contributed by atoms with Crippen molar-refractivity contribution in [2.75, 3.05) is 0 Å². The zero-order chi connectivity index (χ0) is 16.9. The lowest BCUT2D eigenvalue weighted by Crippen LogP contribution is -2.06. The maximum absolute atomic E-state index is 12.0. The van der Waals surface area contributed by atoms with Crippen molar-refractivity contribution in [3.63, 3.8) is 0 Å². The first-order chi connectivity index (χ1) is 11.6. The van der Waals surface area contributed by atoms with Crippen molar-refractivity contribution in [3.8, 4) is 5.69 Å². The van der Waals surface area contributed by atoms with Crippen LogP contribution in [0.3, 0.4) is 0 Å². The molecule has 0 aliphatic carbocycles. The molecule has 7 nitrogen and oxygen atoms in total. The number of nitrogens with zero attached hydrogens (tertiary/aromatic N) is 3. The maximum atomic E-state index is 12.0. The van der Waals surface area contributed by atoms with Crippen LogP contribution in [0.15, 0.2) is 67.0 Å². The zero-order valence-corrected chi connectivity index (χ0v) is 12.5. The summed E-state index contributed by atoms with van der Waals surface area (Å²) in [5.74, 6) is -0.602. The molecule has 0 aliphatic rings. The van der Waals surface area contributed by atoms with Gasteiger partial charge >= 0.3 is 5.97 Å². The molecule has 0 spiro atoms. The third-order valence-electron chi connectivity index (χ3n) is 3.37. The fourth-order valence-corrected chi connectivity index (χ4v) is 2.15. The Kier molecular flexibility index (Phi) is 4.33. The van der Waals surface area contributed by atoms with Gasteiger partial charge in [0.25, 0.3) is 5.69 Å². The summed E-state index contributed by atoms with van der Waals surface area (Å²) in [7, 11) is 0. The first-order valence-corrected chi connectivity index (χ1v) is 7.14. The van der Waals surface area contributed by atoms with Crippen LogP contribution in [0.2, 0.25) is 0 Å². The van der Waals surface area contributed by atoms with Gasteiger partial charge in [0.2, 0.25) is 0 Å². The molecule has 7 heteroatoms. The third kappa shape index (κ3) is 3.46. The molecule has 0 fully saturated rings. The number of hydrogen-bond donors (Lipinski definition) is 0. The van der Waals surface area contributed by atoms with E-state index < -0.39 is 10.9 Å². The fourth-order valence-electron chi connectivity index (χ4n) is 2.15. The van der Waals surface area contributed by atoms with Crippen molar-refractivity contribution in [2.45, 2.75) is 6.61 Å². The van der Waals surface area contributed by atoms with E-state index in [4.69, 9.17) is 4.74 Å². The highest BCUT2D eigenvalue weighted by atomic mass is 16.6. The molecule has 2 aromatic carbocycles. The molecule has 0 bridgehead atoms. The van der Waals surface area contributed by atoms with Gasteiger partial charge in [-0.05, 0) is 29.8 Å². The number of rotatable bonds is 5. The number of non-ortho nitro benzene ring substituents is 1. The van der Waals surface area contributed by atoms with E-state index in [-0.39, 0.29) is 17.9 Å². The Bertz CT molecular complexity index is 858. The Balaban J connectivity index is 1.64. The number of carbonyl (C=O) groups excluding carboxylic acids is 1. The molecule has 1 heterocycles. The predicted molar refractivity (Wildman–Crippen MR) is 85.8 cm³/mol. The van der Waals surface area contributed by atoms with Crippen molar-refractivity contribution < 1.29 is 14.5 Å². The van der Waals surface area contributed by atoms with Crippen LogP contribution in [0.1, 0.15) is 15.9 Å². The second-order valence-electron chi connectivity index (χ2n) is 5.00. The number of carbonyl (C=O) groups is 1. The summed E-state index contributed by atoms with van der Waals surface area (Å²) >= 11 is 0. The van der Waals surface area contributed by atoms with E-state index in [0.717, 1.165) is 11.3 Å².